The van der Waals surface area contributed by atoms with Crippen LogP contribution in [0.4, 0.5) is 4.79 Å². The van der Waals surface area contributed by atoms with Gasteiger partial charge in [-0.3, -0.25) is 10.0 Å². The quantitative estimate of drug-likeness (QED) is 0.0352. The number of esters is 1. The van der Waals surface area contributed by atoms with E-state index in [1.807, 2.05) is 0 Å². The number of carbonyl (C=O) groups is 2. The average Bonchev–Trinajstić information content (AvgIpc) is 2.99. The van der Waals surface area contributed by atoms with Gasteiger partial charge in [-0.1, -0.05) is 181 Å². The lowest BCUT2D eigenvalue weighted by Gasteiger charge is -2.14. The number of carbonyl (C=O) groups excluding carboxylic acids is 2. The van der Waals surface area contributed by atoms with E-state index in [9.17, 15) is 14.8 Å². The largest absolute Gasteiger partial charge is 0.466 e. The Labute approximate surface area is 261 Å². The van der Waals surface area contributed by atoms with Gasteiger partial charge in [0.25, 0.3) is 0 Å². The number of ether oxygens (including phenoxy) is 2. The van der Waals surface area contributed by atoms with Crippen LogP contribution in [0.5, 0.6) is 0 Å². The smallest absolute Gasteiger partial charge is 0.433 e. The Morgan fingerprint density at radius 3 is 1.07 bits per heavy atom. The Morgan fingerprint density at radius 2 is 0.738 bits per heavy atom. The first kappa shape index (κ1) is 40.7. The first-order chi connectivity index (χ1) is 20.6. The normalized spacial score (nSPS) is 11.1. The van der Waals surface area contributed by atoms with Gasteiger partial charge in [-0.05, 0) is 12.8 Å². The molecule has 1 amide bonds. The lowest BCUT2D eigenvalue weighted by molar-refractivity contribution is -0.146. The number of unbranched alkanes of at least 4 members (excludes halogenated alkanes) is 26. The number of hydroxylamine groups is 2. The van der Waals surface area contributed by atoms with Crippen molar-refractivity contribution in [1.82, 2.24) is 5.06 Å². The highest BCUT2D eigenvalue weighted by atomic mass is 16.6. The highest BCUT2D eigenvalue weighted by Gasteiger charge is 2.14. The van der Waals surface area contributed by atoms with Crippen LogP contribution in [0, 0.1) is 0 Å². The molecule has 42 heavy (non-hydrogen) atoms. The minimum absolute atomic E-state index is 0.0247. The molecule has 0 saturated heterocycles. The molecule has 0 aromatic heterocycles. The number of hydrogen-bond acceptors (Lipinski definition) is 5. The molecule has 0 spiro atoms. The molecule has 0 aliphatic rings. The number of amides is 1. The third-order valence-electron chi connectivity index (χ3n) is 8.22. The van der Waals surface area contributed by atoms with Crippen molar-refractivity contribution in [3.63, 3.8) is 0 Å². The van der Waals surface area contributed by atoms with E-state index in [0.29, 0.717) is 18.3 Å². The molecule has 0 heterocycles. The molecule has 0 fully saturated rings. The Bertz CT molecular complexity index is 571. The van der Waals surface area contributed by atoms with Crippen molar-refractivity contribution in [2.75, 3.05) is 19.8 Å². The first-order valence-corrected chi connectivity index (χ1v) is 18.4. The summed E-state index contributed by atoms with van der Waals surface area (Å²) in [7, 11) is 0. The van der Waals surface area contributed by atoms with Crippen molar-refractivity contribution in [2.24, 2.45) is 0 Å². The van der Waals surface area contributed by atoms with Crippen molar-refractivity contribution >= 4 is 12.1 Å². The highest BCUT2D eigenvalue weighted by molar-refractivity contribution is 5.71. The molecule has 6 heteroatoms. The molecular weight excluding hydrogens is 526 g/mol. The maximum Gasteiger partial charge on any atom is 0.433 e. The summed E-state index contributed by atoms with van der Waals surface area (Å²) >= 11 is 0. The molecule has 0 aromatic rings. The summed E-state index contributed by atoms with van der Waals surface area (Å²) in [4.78, 5) is 23.8. The topological polar surface area (TPSA) is 76.1 Å². The summed E-state index contributed by atoms with van der Waals surface area (Å²) in [6.07, 6.45) is 35.1. The monoisotopic (exact) mass is 598 g/mol. The van der Waals surface area contributed by atoms with Crippen LogP contribution in [-0.2, 0) is 14.3 Å². The second-order valence-corrected chi connectivity index (χ2v) is 12.4. The van der Waals surface area contributed by atoms with Gasteiger partial charge in [-0.2, -0.15) is 5.06 Å². The third-order valence-corrected chi connectivity index (χ3v) is 8.22. The zero-order valence-electron chi connectivity index (χ0n) is 28.2. The average molecular weight is 598 g/mol. The molecule has 250 valence electrons. The summed E-state index contributed by atoms with van der Waals surface area (Å²) in [5.74, 6) is -0.386. The third kappa shape index (κ3) is 31.6. The van der Waals surface area contributed by atoms with E-state index in [-0.39, 0.29) is 18.9 Å². The zero-order valence-corrected chi connectivity index (χ0v) is 28.2. The van der Waals surface area contributed by atoms with Gasteiger partial charge in [0.05, 0.1) is 26.2 Å². The molecule has 0 aliphatic heterocycles. The van der Waals surface area contributed by atoms with Crippen LogP contribution in [0.1, 0.15) is 200 Å². The summed E-state index contributed by atoms with van der Waals surface area (Å²) in [6.45, 7) is 5.14. The summed E-state index contributed by atoms with van der Waals surface area (Å²) < 4.78 is 10.4. The van der Waals surface area contributed by atoms with Crippen molar-refractivity contribution in [1.29, 1.82) is 0 Å². The summed E-state index contributed by atoms with van der Waals surface area (Å²) in [5, 5.41) is 10.3. The molecule has 0 aromatic carbocycles. The Kier molecular flexibility index (Phi) is 33.1. The van der Waals surface area contributed by atoms with E-state index < -0.39 is 6.09 Å². The van der Waals surface area contributed by atoms with E-state index in [0.717, 1.165) is 32.1 Å². The maximum absolute atomic E-state index is 11.9. The van der Waals surface area contributed by atoms with E-state index in [1.165, 1.54) is 148 Å². The van der Waals surface area contributed by atoms with Crippen LogP contribution >= 0.6 is 0 Å². The Balaban J connectivity index is 3.39. The highest BCUT2D eigenvalue weighted by Crippen LogP contribution is 2.14. The lowest BCUT2D eigenvalue weighted by Crippen LogP contribution is -2.31. The fourth-order valence-corrected chi connectivity index (χ4v) is 5.37. The van der Waals surface area contributed by atoms with Crippen LogP contribution in [0.25, 0.3) is 0 Å². The minimum atomic E-state index is -0.788. The number of hydrogen-bond donors (Lipinski definition) is 1. The van der Waals surface area contributed by atoms with Gasteiger partial charge in [0, 0.05) is 0 Å². The van der Waals surface area contributed by atoms with Crippen LogP contribution < -0.4 is 0 Å². The predicted octanol–water partition coefficient (Wildman–Crippen LogP) is 11.7. The second kappa shape index (κ2) is 34.2. The molecule has 0 saturated carbocycles. The maximum atomic E-state index is 11.9. The lowest BCUT2D eigenvalue weighted by atomic mass is 10.0. The van der Waals surface area contributed by atoms with Gasteiger partial charge in [-0.15, -0.1) is 0 Å². The van der Waals surface area contributed by atoms with Gasteiger partial charge in [0.15, 0.2) is 0 Å². The van der Waals surface area contributed by atoms with E-state index in [4.69, 9.17) is 9.47 Å². The van der Waals surface area contributed by atoms with Gasteiger partial charge in [0.1, 0.15) is 0 Å². The molecule has 0 rings (SSSR count). The predicted molar refractivity (Wildman–Crippen MR) is 176 cm³/mol. The number of nitrogens with zero attached hydrogens (tertiary/aromatic N) is 1. The Hall–Kier alpha value is -1.30. The summed E-state index contributed by atoms with van der Waals surface area (Å²) in [6, 6.07) is 0. The molecule has 0 radical (unpaired) electrons. The number of rotatable bonds is 33. The minimum Gasteiger partial charge on any atom is -0.466 e. The Morgan fingerprint density at radius 1 is 0.452 bits per heavy atom. The van der Waals surface area contributed by atoms with Crippen molar-refractivity contribution in [3.8, 4) is 0 Å². The molecule has 0 atom stereocenters. The van der Waals surface area contributed by atoms with Crippen molar-refractivity contribution in [3.05, 3.63) is 0 Å². The van der Waals surface area contributed by atoms with Crippen molar-refractivity contribution < 1.29 is 24.3 Å². The molecule has 1 N–H and O–H groups in total. The van der Waals surface area contributed by atoms with Gasteiger partial charge < -0.3 is 9.47 Å². The zero-order chi connectivity index (χ0) is 30.8. The van der Waals surface area contributed by atoms with Crippen LogP contribution in [0.15, 0.2) is 0 Å². The van der Waals surface area contributed by atoms with Gasteiger partial charge in [-0.25, -0.2) is 4.79 Å². The second-order valence-electron chi connectivity index (χ2n) is 12.4. The van der Waals surface area contributed by atoms with Crippen LogP contribution in [0.3, 0.4) is 0 Å². The van der Waals surface area contributed by atoms with Gasteiger partial charge >= 0.3 is 12.1 Å². The van der Waals surface area contributed by atoms with E-state index in [1.54, 1.807) is 0 Å². The van der Waals surface area contributed by atoms with Gasteiger partial charge in [0.2, 0.25) is 0 Å². The van der Waals surface area contributed by atoms with E-state index >= 15 is 0 Å². The van der Waals surface area contributed by atoms with Crippen LogP contribution in [-0.4, -0.2) is 42.1 Å². The molecule has 6 nitrogen and oxygen atoms in total. The van der Waals surface area contributed by atoms with Crippen molar-refractivity contribution in [2.45, 2.75) is 200 Å². The van der Waals surface area contributed by atoms with E-state index in [2.05, 4.69) is 13.8 Å². The molecule has 0 bridgehead atoms. The fraction of sp³-hybridized carbons (Fsp3) is 0.944. The summed E-state index contributed by atoms with van der Waals surface area (Å²) in [5.41, 5.74) is 0. The molecule has 0 aliphatic carbocycles. The molecular formula is C36H71NO5. The SMILES string of the molecule is CCCCCCCCCCCCCCCCOC(=O)CCN(O)C(=O)OCCCCCCCCCCCCCCCC. The standard InChI is InChI=1S/C36H71NO5/c1-3-5-7-9-11-13-15-17-19-21-23-25-27-29-33-41-35(38)31-32-37(40)36(39)42-34-30-28-26-24-22-20-18-16-14-12-10-8-6-4-2/h40H,3-34H2,1-2H3. The fourth-order valence-electron chi connectivity index (χ4n) is 5.37. The molecule has 0 unspecified atom stereocenters. The van der Waals surface area contributed by atoms with Crippen LogP contribution in [0.2, 0.25) is 0 Å². The first-order valence-electron chi connectivity index (χ1n) is 18.4.